The molecule has 0 radical (unpaired) electrons. The average Bonchev–Trinajstić information content (AvgIpc) is 2.91. The third-order valence-electron chi connectivity index (χ3n) is 2.71. The molecular weight excluding hydrogens is 256 g/mol. The van der Waals surface area contributed by atoms with Gasteiger partial charge in [-0.25, -0.2) is 9.97 Å². The van der Waals surface area contributed by atoms with Gasteiger partial charge in [-0.3, -0.25) is 0 Å². The maximum atomic E-state index is 4.56. The van der Waals surface area contributed by atoms with Gasteiger partial charge in [0, 0.05) is 18.1 Å². The number of aromatic nitrogens is 2. The molecule has 0 saturated heterocycles. The molecule has 2 heterocycles. The molecule has 0 bridgehead atoms. The van der Waals surface area contributed by atoms with Gasteiger partial charge in [-0.15, -0.1) is 11.3 Å². The molecule has 0 spiro atoms. The lowest BCUT2D eigenvalue weighted by Gasteiger charge is -2.24. The zero-order chi connectivity index (χ0) is 13.7. The number of pyridine rings is 1. The van der Waals surface area contributed by atoms with Crippen LogP contribution in [0.2, 0.25) is 0 Å². The van der Waals surface area contributed by atoms with Crippen molar-refractivity contribution in [3.8, 4) is 0 Å². The topological polar surface area (TPSA) is 49.8 Å². The van der Waals surface area contributed by atoms with Gasteiger partial charge in [0.2, 0.25) is 0 Å². The van der Waals surface area contributed by atoms with Crippen LogP contribution in [0.5, 0.6) is 0 Å². The van der Waals surface area contributed by atoms with E-state index in [2.05, 4.69) is 41.4 Å². The minimum absolute atomic E-state index is 0.218. The van der Waals surface area contributed by atoms with Gasteiger partial charge < -0.3 is 10.6 Å². The zero-order valence-corrected chi connectivity index (χ0v) is 12.4. The van der Waals surface area contributed by atoms with E-state index < -0.39 is 0 Å². The second kappa shape index (κ2) is 6.02. The monoisotopic (exact) mass is 276 g/mol. The second-order valence-corrected chi connectivity index (χ2v) is 5.82. The highest BCUT2D eigenvalue weighted by atomic mass is 32.1. The number of nitrogens with one attached hydrogen (secondary N) is 2. The Morgan fingerprint density at radius 1 is 1.26 bits per heavy atom. The Morgan fingerprint density at radius 3 is 2.74 bits per heavy atom. The summed E-state index contributed by atoms with van der Waals surface area (Å²) < 4.78 is 0. The Hall–Kier alpha value is -1.62. The second-order valence-electron chi connectivity index (χ2n) is 4.92. The van der Waals surface area contributed by atoms with Crippen LogP contribution in [-0.4, -0.2) is 16.5 Å². The van der Waals surface area contributed by atoms with Crippen LogP contribution < -0.4 is 10.6 Å². The lowest BCUT2D eigenvalue weighted by Crippen LogP contribution is -2.28. The summed E-state index contributed by atoms with van der Waals surface area (Å²) in [5, 5.41) is 9.77. The van der Waals surface area contributed by atoms with Crippen molar-refractivity contribution in [3.63, 3.8) is 0 Å². The molecule has 0 aliphatic rings. The van der Waals surface area contributed by atoms with Crippen molar-refractivity contribution in [2.75, 3.05) is 17.2 Å². The minimum Gasteiger partial charge on any atom is -0.370 e. The third-order valence-corrected chi connectivity index (χ3v) is 3.81. The van der Waals surface area contributed by atoms with Gasteiger partial charge in [0.1, 0.15) is 16.6 Å². The number of thiazole rings is 1. The van der Waals surface area contributed by atoms with E-state index in [0.29, 0.717) is 0 Å². The summed E-state index contributed by atoms with van der Waals surface area (Å²) in [4.78, 5) is 8.93. The van der Waals surface area contributed by atoms with Crippen LogP contribution in [0.25, 0.3) is 0 Å². The third kappa shape index (κ3) is 3.67. The molecule has 2 rings (SSSR count). The molecule has 2 aromatic heterocycles. The maximum absolute atomic E-state index is 4.56. The molecule has 0 unspecified atom stereocenters. The van der Waals surface area contributed by atoms with Crippen molar-refractivity contribution in [1.82, 2.24) is 9.97 Å². The summed E-state index contributed by atoms with van der Waals surface area (Å²) in [6, 6.07) is 5.97. The molecule has 102 valence electrons. The largest absolute Gasteiger partial charge is 0.370 e. The maximum Gasteiger partial charge on any atom is 0.129 e. The van der Waals surface area contributed by atoms with E-state index in [4.69, 9.17) is 0 Å². The fraction of sp³-hybridized carbons (Fsp3) is 0.429. The van der Waals surface area contributed by atoms with E-state index in [9.17, 15) is 0 Å². The van der Waals surface area contributed by atoms with E-state index in [-0.39, 0.29) is 5.54 Å². The van der Waals surface area contributed by atoms with Crippen molar-refractivity contribution in [2.24, 2.45) is 0 Å². The van der Waals surface area contributed by atoms with E-state index in [1.807, 2.05) is 29.8 Å². The molecule has 0 atom stereocenters. The molecule has 2 N–H and O–H groups in total. The minimum atomic E-state index is -0.218. The average molecular weight is 276 g/mol. The molecular formula is C14H20N4S. The highest BCUT2D eigenvalue weighted by Gasteiger charge is 2.23. The first kappa shape index (κ1) is 13.8. The van der Waals surface area contributed by atoms with Crippen LogP contribution >= 0.6 is 11.3 Å². The van der Waals surface area contributed by atoms with Crippen LogP contribution in [-0.2, 0) is 5.54 Å². The number of anilines is 2. The standard InChI is InChI=1S/C14H20N4S/c1-4-8-15-11-6-5-7-12(17-11)18-14(2,3)13-16-9-10-19-13/h5-7,9-10H,4,8H2,1-3H3,(H2,15,17,18). The highest BCUT2D eigenvalue weighted by Crippen LogP contribution is 2.26. The van der Waals surface area contributed by atoms with Crippen molar-refractivity contribution in [3.05, 3.63) is 34.8 Å². The van der Waals surface area contributed by atoms with Gasteiger partial charge >= 0.3 is 0 Å². The van der Waals surface area contributed by atoms with Gasteiger partial charge in [-0.2, -0.15) is 0 Å². The fourth-order valence-electron chi connectivity index (χ4n) is 1.76. The molecule has 0 amide bonds. The molecule has 0 fully saturated rings. The van der Waals surface area contributed by atoms with Crippen LogP contribution in [0, 0.1) is 0 Å². The summed E-state index contributed by atoms with van der Waals surface area (Å²) in [5.41, 5.74) is -0.218. The van der Waals surface area contributed by atoms with E-state index >= 15 is 0 Å². The summed E-state index contributed by atoms with van der Waals surface area (Å²) in [6.45, 7) is 7.30. The van der Waals surface area contributed by atoms with Crippen LogP contribution in [0.15, 0.2) is 29.8 Å². The molecule has 19 heavy (non-hydrogen) atoms. The zero-order valence-electron chi connectivity index (χ0n) is 11.6. The number of rotatable bonds is 6. The normalized spacial score (nSPS) is 11.3. The smallest absolute Gasteiger partial charge is 0.129 e. The van der Waals surface area contributed by atoms with Crippen LogP contribution in [0.4, 0.5) is 11.6 Å². The Balaban J connectivity index is 2.10. The van der Waals surface area contributed by atoms with E-state index in [0.717, 1.165) is 29.6 Å². The first-order valence-corrected chi connectivity index (χ1v) is 7.39. The Kier molecular flexibility index (Phi) is 4.37. The first-order chi connectivity index (χ1) is 9.12. The van der Waals surface area contributed by atoms with Crippen LogP contribution in [0.3, 0.4) is 0 Å². The molecule has 0 saturated carbocycles. The number of hydrogen-bond acceptors (Lipinski definition) is 5. The van der Waals surface area contributed by atoms with Gasteiger partial charge in [-0.1, -0.05) is 13.0 Å². The number of hydrogen-bond donors (Lipinski definition) is 2. The molecule has 0 aliphatic heterocycles. The van der Waals surface area contributed by atoms with Gasteiger partial charge in [0.05, 0.1) is 5.54 Å². The lowest BCUT2D eigenvalue weighted by atomic mass is 10.1. The molecule has 0 aromatic carbocycles. The SMILES string of the molecule is CCCNc1cccc(NC(C)(C)c2nccs2)n1. The lowest BCUT2D eigenvalue weighted by molar-refractivity contribution is 0.601. The predicted octanol–water partition coefficient (Wildman–Crippen LogP) is 3.71. The van der Waals surface area contributed by atoms with Gasteiger partial charge in [-0.05, 0) is 32.4 Å². The molecule has 0 aliphatic carbocycles. The van der Waals surface area contributed by atoms with E-state index in [1.54, 1.807) is 11.3 Å². The molecule has 4 nitrogen and oxygen atoms in total. The van der Waals surface area contributed by atoms with Crippen molar-refractivity contribution in [2.45, 2.75) is 32.7 Å². The van der Waals surface area contributed by atoms with E-state index in [1.165, 1.54) is 0 Å². The number of nitrogens with zero attached hydrogens (tertiary/aromatic N) is 2. The van der Waals surface area contributed by atoms with Crippen molar-refractivity contribution >= 4 is 23.0 Å². The van der Waals surface area contributed by atoms with Gasteiger partial charge in [0.25, 0.3) is 0 Å². The quantitative estimate of drug-likeness (QED) is 0.844. The van der Waals surface area contributed by atoms with Gasteiger partial charge in [0.15, 0.2) is 0 Å². The van der Waals surface area contributed by atoms with Crippen molar-refractivity contribution in [1.29, 1.82) is 0 Å². The first-order valence-electron chi connectivity index (χ1n) is 6.51. The molecule has 2 aromatic rings. The predicted molar refractivity (Wildman–Crippen MR) is 81.8 cm³/mol. The summed E-state index contributed by atoms with van der Waals surface area (Å²) >= 11 is 1.65. The Labute approximate surface area is 118 Å². The summed E-state index contributed by atoms with van der Waals surface area (Å²) in [7, 11) is 0. The summed E-state index contributed by atoms with van der Waals surface area (Å²) in [6.07, 6.45) is 2.92. The molecule has 5 heteroatoms. The Bertz CT molecular complexity index is 508. The summed E-state index contributed by atoms with van der Waals surface area (Å²) in [5.74, 6) is 1.77. The highest BCUT2D eigenvalue weighted by molar-refractivity contribution is 7.09. The van der Waals surface area contributed by atoms with Crippen LogP contribution in [0.1, 0.15) is 32.2 Å². The Morgan fingerprint density at radius 2 is 2.05 bits per heavy atom. The van der Waals surface area contributed by atoms with Crippen molar-refractivity contribution < 1.29 is 0 Å². The fourth-order valence-corrected chi connectivity index (χ4v) is 2.48.